The van der Waals surface area contributed by atoms with Crippen LogP contribution in [0, 0.1) is 11.8 Å². The van der Waals surface area contributed by atoms with Gasteiger partial charge in [-0.15, -0.1) is 0 Å². The fraction of sp³-hybridized carbons (Fsp3) is 0.524. The van der Waals surface area contributed by atoms with E-state index < -0.39 is 0 Å². The average Bonchev–Trinajstić information content (AvgIpc) is 3.40. The van der Waals surface area contributed by atoms with Gasteiger partial charge in [0.1, 0.15) is 5.69 Å². The van der Waals surface area contributed by atoms with Crippen LogP contribution in [0.25, 0.3) is 0 Å². The van der Waals surface area contributed by atoms with Gasteiger partial charge in [-0.25, -0.2) is 0 Å². The predicted molar refractivity (Wildman–Crippen MR) is 99.8 cm³/mol. The van der Waals surface area contributed by atoms with Gasteiger partial charge in [-0.05, 0) is 43.2 Å². The van der Waals surface area contributed by atoms with E-state index in [0.717, 1.165) is 38.5 Å². The lowest BCUT2D eigenvalue weighted by atomic mass is 9.88. The highest BCUT2D eigenvalue weighted by Gasteiger charge is 2.34. The average molecular weight is 353 g/mol. The summed E-state index contributed by atoms with van der Waals surface area (Å²) >= 11 is 0. The fourth-order valence-corrected chi connectivity index (χ4v) is 3.82. The Bertz CT molecular complexity index is 739. The number of ether oxygens (including phenoxy) is 1. The molecule has 1 saturated carbocycles. The molecule has 2 aliphatic rings. The van der Waals surface area contributed by atoms with Crippen LogP contribution >= 0.6 is 0 Å². The molecule has 2 aromatic rings. The van der Waals surface area contributed by atoms with Crippen molar-refractivity contribution in [1.82, 2.24) is 14.7 Å². The molecule has 5 heteroatoms. The van der Waals surface area contributed by atoms with Gasteiger partial charge < -0.3 is 9.64 Å². The largest absolute Gasteiger partial charge is 0.377 e. The topological polar surface area (TPSA) is 47.4 Å². The van der Waals surface area contributed by atoms with Crippen LogP contribution in [-0.2, 0) is 18.2 Å². The van der Waals surface area contributed by atoms with Crippen LogP contribution in [0.1, 0.15) is 35.3 Å². The summed E-state index contributed by atoms with van der Waals surface area (Å²) in [6.45, 7) is 2.38. The predicted octanol–water partition coefficient (Wildman–Crippen LogP) is 2.92. The van der Waals surface area contributed by atoms with Gasteiger partial charge in [0.15, 0.2) is 0 Å². The zero-order valence-electron chi connectivity index (χ0n) is 15.4. The van der Waals surface area contributed by atoms with Gasteiger partial charge in [0.05, 0.1) is 6.10 Å². The number of carbonyl (C=O) groups excluding carboxylic acids is 1. The Morgan fingerprint density at radius 1 is 1.19 bits per heavy atom. The highest BCUT2D eigenvalue weighted by Crippen LogP contribution is 2.32. The van der Waals surface area contributed by atoms with E-state index in [4.69, 9.17) is 4.74 Å². The van der Waals surface area contributed by atoms with Crippen molar-refractivity contribution in [3.63, 3.8) is 0 Å². The molecule has 1 amide bonds. The Morgan fingerprint density at radius 2 is 2.00 bits per heavy atom. The first-order valence-corrected chi connectivity index (χ1v) is 9.63. The Kier molecular flexibility index (Phi) is 5.07. The standard InChI is InChI=1S/C21H27N3O2/c1-23-19(9-11-22-23)21(25)24-12-10-20(26-15-17-7-8-17)18(14-24)13-16-5-3-2-4-6-16/h2-6,9,11,17-18,20H,7-8,10,12-15H2,1H3/t18-,20+/m0/s1. The second kappa shape index (κ2) is 7.62. The minimum Gasteiger partial charge on any atom is -0.377 e. The third-order valence-electron chi connectivity index (χ3n) is 5.58. The molecule has 0 bridgehead atoms. The number of rotatable bonds is 6. The number of aryl methyl sites for hydroxylation is 1. The Balaban J connectivity index is 1.46. The fourth-order valence-electron chi connectivity index (χ4n) is 3.82. The SMILES string of the molecule is Cn1nccc1C(=O)N1CC[C@@H](OCC2CC2)[C@@H](Cc2ccccc2)C1. The monoisotopic (exact) mass is 353 g/mol. The number of aromatic nitrogens is 2. The molecule has 5 nitrogen and oxygen atoms in total. The Hall–Kier alpha value is -2.14. The van der Waals surface area contributed by atoms with Crippen molar-refractivity contribution < 1.29 is 9.53 Å². The molecule has 1 aliphatic heterocycles. The number of hydrogen-bond donors (Lipinski definition) is 0. The Morgan fingerprint density at radius 3 is 2.69 bits per heavy atom. The number of carbonyl (C=O) groups is 1. The maximum absolute atomic E-state index is 12.9. The van der Waals surface area contributed by atoms with Gasteiger partial charge in [0, 0.05) is 38.9 Å². The first kappa shape index (κ1) is 17.3. The van der Waals surface area contributed by atoms with Crippen LogP contribution in [0.4, 0.5) is 0 Å². The number of amides is 1. The lowest BCUT2D eigenvalue weighted by Crippen LogP contribution is -2.48. The first-order chi connectivity index (χ1) is 12.7. The summed E-state index contributed by atoms with van der Waals surface area (Å²) in [5.41, 5.74) is 1.97. The second-order valence-corrected chi connectivity index (χ2v) is 7.64. The van der Waals surface area contributed by atoms with Crippen LogP contribution in [0.5, 0.6) is 0 Å². The number of benzene rings is 1. The third-order valence-corrected chi connectivity index (χ3v) is 5.58. The van der Waals surface area contributed by atoms with Crippen molar-refractivity contribution >= 4 is 5.91 Å². The van der Waals surface area contributed by atoms with Crippen LogP contribution in [0.3, 0.4) is 0 Å². The van der Waals surface area contributed by atoms with Gasteiger partial charge in [0.25, 0.3) is 5.91 Å². The van der Waals surface area contributed by atoms with Crippen molar-refractivity contribution in [2.75, 3.05) is 19.7 Å². The lowest BCUT2D eigenvalue weighted by molar-refractivity contribution is -0.0327. The van der Waals surface area contributed by atoms with Crippen molar-refractivity contribution in [2.24, 2.45) is 18.9 Å². The molecule has 2 atom stereocenters. The molecule has 0 radical (unpaired) electrons. The number of piperidine rings is 1. The highest BCUT2D eigenvalue weighted by atomic mass is 16.5. The summed E-state index contributed by atoms with van der Waals surface area (Å²) in [4.78, 5) is 14.9. The summed E-state index contributed by atoms with van der Waals surface area (Å²) in [6, 6.07) is 12.3. The van der Waals surface area contributed by atoms with Gasteiger partial charge in [-0.3, -0.25) is 9.48 Å². The van der Waals surface area contributed by atoms with E-state index in [-0.39, 0.29) is 12.0 Å². The molecular formula is C21H27N3O2. The minimum absolute atomic E-state index is 0.0729. The van der Waals surface area contributed by atoms with Crippen molar-refractivity contribution in [2.45, 2.75) is 31.8 Å². The smallest absolute Gasteiger partial charge is 0.272 e. The zero-order chi connectivity index (χ0) is 17.9. The molecule has 26 heavy (non-hydrogen) atoms. The molecule has 0 N–H and O–H groups in total. The zero-order valence-corrected chi connectivity index (χ0v) is 15.4. The molecule has 1 saturated heterocycles. The molecule has 1 aliphatic carbocycles. The molecule has 2 heterocycles. The van der Waals surface area contributed by atoms with E-state index in [0.29, 0.717) is 11.6 Å². The summed E-state index contributed by atoms with van der Waals surface area (Å²) in [5, 5.41) is 4.13. The maximum Gasteiger partial charge on any atom is 0.272 e. The highest BCUT2D eigenvalue weighted by molar-refractivity contribution is 5.92. The van der Waals surface area contributed by atoms with Crippen molar-refractivity contribution in [3.05, 3.63) is 53.9 Å². The van der Waals surface area contributed by atoms with Gasteiger partial charge in [-0.2, -0.15) is 5.10 Å². The van der Waals surface area contributed by atoms with Crippen molar-refractivity contribution in [1.29, 1.82) is 0 Å². The van der Waals surface area contributed by atoms with E-state index in [1.165, 1.54) is 18.4 Å². The normalized spacial score (nSPS) is 23.2. The van der Waals surface area contributed by atoms with Gasteiger partial charge in [0.2, 0.25) is 0 Å². The van der Waals surface area contributed by atoms with E-state index in [1.54, 1.807) is 16.9 Å². The quantitative estimate of drug-likeness (QED) is 0.802. The number of nitrogens with zero attached hydrogens (tertiary/aromatic N) is 3. The van der Waals surface area contributed by atoms with E-state index >= 15 is 0 Å². The number of hydrogen-bond acceptors (Lipinski definition) is 3. The molecular weight excluding hydrogens is 326 g/mol. The Labute approximate surface area is 154 Å². The maximum atomic E-state index is 12.9. The van der Waals surface area contributed by atoms with Gasteiger partial charge >= 0.3 is 0 Å². The first-order valence-electron chi connectivity index (χ1n) is 9.63. The minimum atomic E-state index is 0.0729. The van der Waals surface area contributed by atoms with Gasteiger partial charge in [-0.1, -0.05) is 30.3 Å². The molecule has 138 valence electrons. The summed E-state index contributed by atoms with van der Waals surface area (Å²) < 4.78 is 7.94. The second-order valence-electron chi connectivity index (χ2n) is 7.64. The third kappa shape index (κ3) is 3.98. The van der Waals surface area contributed by atoms with Crippen LogP contribution < -0.4 is 0 Å². The van der Waals surface area contributed by atoms with E-state index in [9.17, 15) is 4.79 Å². The summed E-state index contributed by atoms with van der Waals surface area (Å²) in [6.07, 6.45) is 6.40. The summed E-state index contributed by atoms with van der Waals surface area (Å²) in [5.74, 6) is 1.17. The molecule has 1 aromatic carbocycles. The van der Waals surface area contributed by atoms with Crippen LogP contribution in [0.15, 0.2) is 42.6 Å². The molecule has 4 rings (SSSR count). The summed E-state index contributed by atoms with van der Waals surface area (Å²) in [7, 11) is 1.82. The molecule has 1 aromatic heterocycles. The lowest BCUT2D eigenvalue weighted by Gasteiger charge is -2.38. The van der Waals surface area contributed by atoms with Crippen molar-refractivity contribution in [3.8, 4) is 0 Å². The molecule has 0 spiro atoms. The molecule has 2 fully saturated rings. The molecule has 0 unspecified atom stereocenters. The van der Waals surface area contributed by atoms with Crippen LogP contribution in [0.2, 0.25) is 0 Å². The van der Waals surface area contributed by atoms with E-state index in [1.807, 2.05) is 18.0 Å². The van der Waals surface area contributed by atoms with Crippen LogP contribution in [-0.4, -0.2) is 46.4 Å². The van der Waals surface area contributed by atoms with E-state index in [2.05, 4.69) is 29.4 Å². The number of likely N-dealkylation sites (tertiary alicyclic amines) is 1.